The molecule has 1 fully saturated rings. The third-order valence-corrected chi connectivity index (χ3v) is 3.97. The van der Waals surface area contributed by atoms with Crippen molar-refractivity contribution >= 4 is 22.4 Å². The normalized spacial score (nSPS) is 15.7. The third-order valence-electron chi connectivity index (χ3n) is 3.07. The Morgan fingerprint density at radius 2 is 2.32 bits per heavy atom. The molecular formula is C12H19N3O3S. The van der Waals surface area contributed by atoms with Gasteiger partial charge in [0, 0.05) is 31.1 Å². The molecule has 0 atom stereocenters. The quantitative estimate of drug-likeness (QED) is 0.806. The monoisotopic (exact) mass is 285 g/mol. The highest BCUT2D eigenvalue weighted by Crippen LogP contribution is 2.25. The van der Waals surface area contributed by atoms with Gasteiger partial charge >= 0.3 is 0 Å². The van der Waals surface area contributed by atoms with E-state index < -0.39 is 0 Å². The first-order valence-corrected chi connectivity index (χ1v) is 7.21. The van der Waals surface area contributed by atoms with E-state index in [1.165, 1.54) is 11.3 Å². The number of nitrogens with zero attached hydrogens (tertiary/aromatic N) is 3. The van der Waals surface area contributed by atoms with Crippen LogP contribution in [0.25, 0.3) is 0 Å². The van der Waals surface area contributed by atoms with E-state index in [2.05, 4.69) is 4.98 Å². The molecule has 0 spiro atoms. The largest absolute Gasteiger partial charge is 0.395 e. The Kier molecular flexibility index (Phi) is 4.38. The lowest BCUT2D eigenvalue weighted by molar-refractivity contribution is 0.0660. The molecule has 0 aliphatic carbocycles. The predicted octanol–water partition coefficient (Wildman–Crippen LogP) is 0.167. The average Bonchev–Trinajstić information content (AvgIpc) is 2.80. The van der Waals surface area contributed by atoms with Gasteiger partial charge in [-0.15, -0.1) is 11.3 Å². The number of aromatic nitrogens is 1. The van der Waals surface area contributed by atoms with E-state index in [1.54, 1.807) is 10.3 Å². The summed E-state index contributed by atoms with van der Waals surface area (Å²) in [5.74, 6) is -0.160. The minimum atomic E-state index is -0.287. The van der Waals surface area contributed by atoms with Gasteiger partial charge in [0.05, 0.1) is 12.7 Å². The summed E-state index contributed by atoms with van der Waals surface area (Å²) in [6.07, 6.45) is -0.287. The molecule has 19 heavy (non-hydrogen) atoms. The maximum absolute atomic E-state index is 12.3. The number of rotatable bonds is 5. The lowest BCUT2D eigenvalue weighted by Crippen LogP contribution is -2.50. The van der Waals surface area contributed by atoms with Crippen molar-refractivity contribution in [2.45, 2.75) is 26.0 Å². The fraction of sp³-hybridized carbons (Fsp3) is 0.667. The Morgan fingerprint density at radius 1 is 1.63 bits per heavy atom. The molecule has 1 aliphatic rings. The maximum Gasteiger partial charge on any atom is 0.273 e. The number of aliphatic hydroxyl groups is 2. The SMILES string of the molecule is CC(C)N(CCO)C(=O)c1csc(N2CC(O)C2)n1. The van der Waals surface area contributed by atoms with Crippen LogP contribution in [0.4, 0.5) is 5.13 Å². The lowest BCUT2D eigenvalue weighted by Gasteiger charge is -2.35. The standard InChI is InChI=1S/C12H19N3O3S/c1-8(2)15(3-4-16)11(18)10-7-19-12(13-10)14-5-9(17)6-14/h7-9,16-17H,3-6H2,1-2H3. The number of carbonyl (C=O) groups is 1. The number of thiazole rings is 1. The number of β-amino-alcohol motifs (C(OH)–C–C–N with tert-alkyl or cyclic N) is 1. The summed E-state index contributed by atoms with van der Waals surface area (Å²) in [5, 5.41) is 20.8. The Morgan fingerprint density at radius 3 is 2.84 bits per heavy atom. The topological polar surface area (TPSA) is 76.9 Å². The first-order valence-electron chi connectivity index (χ1n) is 6.33. The molecule has 7 heteroatoms. The highest BCUT2D eigenvalue weighted by molar-refractivity contribution is 7.14. The minimum absolute atomic E-state index is 0.0237. The predicted molar refractivity (Wildman–Crippen MR) is 73.6 cm³/mol. The summed E-state index contributed by atoms with van der Waals surface area (Å²) in [5.41, 5.74) is 0.406. The number of hydrogen-bond donors (Lipinski definition) is 2. The van der Waals surface area contributed by atoms with Crippen molar-refractivity contribution in [2.24, 2.45) is 0 Å². The summed E-state index contributed by atoms with van der Waals surface area (Å²) in [7, 11) is 0. The average molecular weight is 285 g/mol. The lowest BCUT2D eigenvalue weighted by atomic mass is 10.2. The zero-order chi connectivity index (χ0) is 14.0. The van der Waals surface area contributed by atoms with Gasteiger partial charge in [-0.1, -0.05) is 0 Å². The van der Waals surface area contributed by atoms with Crippen molar-refractivity contribution in [1.29, 1.82) is 0 Å². The van der Waals surface area contributed by atoms with Crippen molar-refractivity contribution in [3.05, 3.63) is 11.1 Å². The Bertz CT molecular complexity index is 443. The van der Waals surface area contributed by atoms with Gasteiger partial charge in [0.25, 0.3) is 5.91 Å². The van der Waals surface area contributed by atoms with E-state index in [1.807, 2.05) is 18.7 Å². The molecule has 0 aromatic carbocycles. The second-order valence-corrected chi connectivity index (χ2v) is 5.73. The molecule has 0 saturated carbocycles. The summed E-state index contributed by atoms with van der Waals surface area (Å²) >= 11 is 1.40. The van der Waals surface area contributed by atoms with Gasteiger partial charge in [-0.25, -0.2) is 4.98 Å². The van der Waals surface area contributed by atoms with E-state index in [0.29, 0.717) is 25.3 Å². The molecule has 2 heterocycles. The van der Waals surface area contributed by atoms with Gasteiger partial charge in [-0.05, 0) is 13.8 Å². The molecule has 2 N–H and O–H groups in total. The number of carbonyl (C=O) groups excluding carboxylic acids is 1. The van der Waals surface area contributed by atoms with Crippen molar-refractivity contribution < 1.29 is 15.0 Å². The summed E-state index contributed by atoms with van der Waals surface area (Å²) in [6.45, 7) is 5.22. The maximum atomic E-state index is 12.3. The number of anilines is 1. The molecule has 0 bridgehead atoms. The number of hydrogen-bond acceptors (Lipinski definition) is 6. The molecule has 106 valence electrons. The number of aliphatic hydroxyl groups excluding tert-OH is 2. The Labute approximate surface area is 116 Å². The van der Waals surface area contributed by atoms with Crippen molar-refractivity contribution in [3.63, 3.8) is 0 Å². The van der Waals surface area contributed by atoms with Crippen molar-refractivity contribution in [3.8, 4) is 0 Å². The van der Waals surface area contributed by atoms with Gasteiger partial charge in [-0.2, -0.15) is 0 Å². The van der Waals surface area contributed by atoms with Crippen molar-refractivity contribution in [2.75, 3.05) is 31.1 Å². The molecule has 1 aliphatic heterocycles. The molecule has 1 saturated heterocycles. The van der Waals surface area contributed by atoms with Crippen LogP contribution >= 0.6 is 11.3 Å². The van der Waals surface area contributed by atoms with Gasteiger partial charge in [0.15, 0.2) is 5.13 Å². The molecule has 6 nitrogen and oxygen atoms in total. The Balaban J connectivity index is 2.06. The van der Waals surface area contributed by atoms with Crippen LogP contribution in [0.15, 0.2) is 5.38 Å². The van der Waals surface area contributed by atoms with Crippen LogP contribution in [0.2, 0.25) is 0 Å². The Hall–Kier alpha value is -1.18. The molecule has 0 radical (unpaired) electrons. The van der Waals surface area contributed by atoms with E-state index in [4.69, 9.17) is 5.11 Å². The zero-order valence-corrected chi connectivity index (χ0v) is 11.9. The highest BCUT2D eigenvalue weighted by atomic mass is 32.1. The third kappa shape index (κ3) is 3.05. The highest BCUT2D eigenvalue weighted by Gasteiger charge is 2.28. The molecule has 2 rings (SSSR count). The number of amides is 1. The van der Waals surface area contributed by atoms with Gasteiger partial charge in [0.1, 0.15) is 5.69 Å². The van der Waals surface area contributed by atoms with E-state index in [9.17, 15) is 9.90 Å². The van der Waals surface area contributed by atoms with Crippen LogP contribution in [0.5, 0.6) is 0 Å². The summed E-state index contributed by atoms with van der Waals surface area (Å²) in [4.78, 5) is 20.1. The second-order valence-electron chi connectivity index (χ2n) is 4.89. The first-order chi connectivity index (χ1) is 9.02. The van der Waals surface area contributed by atoms with Crippen LogP contribution < -0.4 is 4.90 Å². The minimum Gasteiger partial charge on any atom is -0.395 e. The van der Waals surface area contributed by atoms with Crippen LogP contribution in [-0.2, 0) is 0 Å². The molecule has 1 aromatic heterocycles. The fourth-order valence-electron chi connectivity index (χ4n) is 1.97. The molecule has 0 unspecified atom stereocenters. The molecule has 1 amide bonds. The molecule has 1 aromatic rings. The van der Waals surface area contributed by atoms with Crippen LogP contribution in [-0.4, -0.2) is 64.4 Å². The summed E-state index contributed by atoms with van der Waals surface area (Å²) < 4.78 is 0. The molecular weight excluding hydrogens is 266 g/mol. The second kappa shape index (κ2) is 5.85. The van der Waals surface area contributed by atoms with E-state index in [0.717, 1.165) is 5.13 Å². The van der Waals surface area contributed by atoms with Crippen LogP contribution in [0.1, 0.15) is 24.3 Å². The van der Waals surface area contributed by atoms with Gasteiger partial charge < -0.3 is 20.0 Å². The van der Waals surface area contributed by atoms with Gasteiger partial charge in [0.2, 0.25) is 0 Å². The van der Waals surface area contributed by atoms with Crippen molar-refractivity contribution in [1.82, 2.24) is 9.88 Å². The van der Waals surface area contributed by atoms with Crippen LogP contribution in [0, 0.1) is 0 Å². The first kappa shape index (κ1) is 14.2. The van der Waals surface area contributed by atoms with E-state index >= 15 is 0 Å². The van der Waals surface area contributed by atoms with Gasteiger partial charge in [-0.3, -0.25) is 4.79 Å². The summed E-state index contributed by atoms with van der Waals surface area (Å²) in [6, 6.07) is 0.0237. The zero-order valence-electron chi connectivity index (χ0n) is 11.1. The van der Waals surface area contributed by atoms with E-state index in [-0.39, 0.29) is 24.7 Å². The smallest absolute Gasteiger partial charge is 0.273 e. The fourth-order valence-corrected chi connectivity index (χ4v) is 2.79. The van der Waals surface area contributed by atoms with Crippen LogP contribution in [0.3, 0.4) is 0 Å².